The van der Waals surface area contributed by atoms with Crippen molar-refractivity contribution in [3.63, 3.8) is 0 Å². The first-order chi connectivity index (χ1) is 15.0. The second-order valence-electron chi connectivity index (χ2n) is 9.95. The number of nitrogens with zero attached hydrogens (tertiary/aromatic N) is 3. The topological polar surface area (TPSA) is 58.8 Å². The Labute approximate surface area is 184 Å². The van der Waals surface area contributed by atoms with Gasteiger partial charge in [-0.05, 0) is 44.5 Å². The van der Waals surface area contributed by atoms with Crippen LogP contribution in [0.5, 0.6) is 5.75 Å². The van der Waals surface area contributed by atoms with Crippen molar-refractivity contribution in [3.05, 3.63) is 47.7 Å². The summed E-state index contributed by atoms with van der Waals surface area (Å²) in [6, 6.07) is 8.17. The fourth-order valence-corrected chi connectivity index (χ4v) is 6.26. The number of likely N-dealkylation sites (N-methyl/N-ethyl adjacent to an activating group) is 1. The standard InChI is InChI=1S/C25H33N3O3/c1-18-13-26-22(31-18)21-14-27(2)15-24(21)16-28(17-24)23(29)25(11-5-4-6-12-25)19-7-9-20(30-3)10-8-19/h7-10,13,21H,4-6,11-12,14-17H2,1-3H3. The van der Waals surface area contributed by atoms with E-state index in [-0.39, 0.29) is 11.3 Å². The van der Waals surface area contributed by atoms with Crippen LogP contribution in [-0.2, 0) is 10.2 Å². The molecule has 1 saturated carbocycles. The Hall–Kier alpha value is -2.34. The predicted molar refractivity (Wildman–Crippen MR) is 118 cm³/mol. The number of methoxy groups -OCH3 is 1. The second-order valence-corrected chi connectivity index (χ2v) is 9.95. The lowest BCUT2D eigenvalue weighted by Gasteiger charge is -2.53. The summed E-state index contributed by atoms with van der Waals surface area (Å²) in [5, 5.41) is 0. The Bertz CT molecular complexity index is 939. The molecule has 0 radical (unpaired) electrons. The van der Waals surface area contributed by atoms with E-state index in [1.54, 1.807) is 7.11 Å². The summed E-state index contributed by atoms with van der Waals surface area (Å²) in [7, 11) is 3.84. The number of aryl methyl sites for hydroxylation is 1. The maximum absolute atomic E-state index is 14.0. The first kappa shape index (κ1) is 20.6. The van der Waals surface area contributed by atoms with Crippen LogP contribution in [0.3, 0.4) is 0 Å². The number of amides is 1. The zero-order valence-electron chi connectivity index (χ0n) is 18.9. The van der Waals surface area contributed by atoms with Crippen LogP contribution in [0.2, 0.25) is 0 Å². The van der Waals surface area contributed by atoms with Gasteiger partial charge in [0.05, 0.1) is 24.6 Å². The number of likely N-dealkylation sites (tertiary alicyclic amines) is 2. The lowest BCUT2D eigenvalue weighted by atomic mass is 9.65. The molecule has 166 valence electrons. The fraction of sp³-hybridized carbons (Fsp3) is 0.600. The molecule has 3 heterocycles. The molecule has 5 rings (SSSR count). The number of carbonyl (C=O) groups excluding carboxylic acids is 1. The van der Waals surface area contributed by atoms with Gasteiger partial charge in [-0.15, -0.1) is 0 Å². The number of hydrogen-bond donors (Lipinski definition) is 0. The highest BCUT2D eigenvalue weighted by molar-refractivity contribution is 5.89. The number of hydrogen-bond acceptors (Lipinski definition) is 5. The fourth-order valence-electron chi connectivity index (χ4n) is 6.26. The van der Waals surface area contributed by atoms with Crippen LogP contribution in [0.4, 0.5) is 0 Å². The van der Waals surface area contributed by atoms with Crippen molar-refractivity contribution in [1.82, 2.24) is 14.8 Å². The second kappa shape index (κ2) is 7.66. The molecule has 1 aromatic carbocycles. The lowest BCUT2D eigenvalue weighted by Crippen LogP contribution is -2.65. The van der Waals surface area contributed by atoms with Crippen LogP contribution in [-0.4, -0.2) is 61.0 Å². The zero-order valence-corrected chi connectivity index (χ0v) is 18.9. The van der Waals surface area contributed by atoms with E-state index in [0.29, 0.717) is 5.91 Å². The van der Waals surface area contributed by atoms with Crippen LogP contribution in [0, 0.1) is 12.3 Å². The molecule has 3 fully saturated rings. The van der Waals surface area contributed by atoms with Crippen LogP contribution in [0.1, 0.15) is 55.2 Å². The molecule has 0 bridgehead atoms. The number of benzene rings is 1. The Morgan fingerprint density at radius 1 is 1.13 bits per heavy atom. The maximum atomic E-state index is 14.0. The lowest BCUT2D eigenvalue weighted by molar-refractivity contribution is -0.152. The van der Waals surface area contributed by atoms with Crippen LogP contribution >= 0.6 is 0 Å². The Morgan fingerprint density at radius 2 is 1.84 bits per heavy atom. The van der Waals surface area contributed by atoms with E-state index in [4.69, 9.17) is 9.15 Å². The minimum Gasteiger partial charge on any atom is -0.497 e. The molecule has 2 saturated heterocycles. The van der Waals surface area contributed by atoms with E-state index >= 15 is 0 Å². The molecule has 1 spiro atoms. The zero-order chi connectivity index (χ0) is 21.6. The molecule has 3 aliphatic rings. The highest BCUT2D eigenvalue weighted by atomic mass is 16.5. The van der Waals surface area contributed by atoms with Gasteiger partial charge in [0.15, 0.2) is 5.89 Å². The molecule has 1 atom stereocenters. The summed E-state index contributed by atoms with van der Waals surface area (Å²) >= 11 is 0. The highest BCUT2D eigenvalue weighted by Crippen LogP contribution is 2.51. The monoisotopic (exact) mass is 423 g/mol. The van der Waals surface area contributed by atoms with Gasteiger partial charge in [0.2, 0.25) is 5.91 Å². The molecule has 2 aromatic rings. The summed E-state index contributed by atoms with van der Waals surface area (Å²) in [5.41, 5.74) is 0.797. The number of aromatic nitrogens is 1. The molecule has 1 aromatic heterocycles. The highest BCUT2D eigenvalue weighted by Gasteiger charge is 2.59. The summed E-state index contributed by atoms with van der Waals surface area (Å²) in [6.45, 7) is 5.45. The Kier molecular flexibility index (Phi) is 5.08. The normalized spacial score (nSPS) is 24.9. The van der Waals surface area contributed by atoms with Gasteiger partial charge in [-0.2, -0.15) is 0 Å². The third-order valence-electron chi connectivity index (χ3n) is 7.81. The van der Waals surface area contributed by atoms with Gasteiger partial charge in [-0.25, -0.2) is 4.98 Å². The molecule has 1 amide bonds. The van der Waals surface area contributed by atoms with Crippen molar-refractivity contribution in [3.8, 4) is 5.75 Å². The Balaban J connectivity index is 1.39. The van der Waals surface area contributed by atoms with Crippen molar-refractivity contribution >= 4 is 5.91 Å². The van der Waals surface area contributed by atoms with Crippen molar-refractivity contribution in [2.24, 2.45) is 5.41 Å². The van der Waals surface area contributed by atoms with Crippen molar-refractivity contribution in [2.45, 2.75) is 50.4 Å². The number of carbonyl (C=O) groups is 1. The van der Waals surface area contributed by atoms with Gasteiger partial charge in [0.25, 0.3) is 0 Å². The first-order valence-corrected chi connectivity index (χ1v) is 11.5. The van der Waals surface area contributed by atoms with Gasteiger partial charge < -0.3 is 19.0 Å². The van der Waals surface area contributed by atoms with Crippen molar-refractivity contribution in [2.75, 3.05) is 40.3 Å². The van der Waals surface area contributed by atoms with E-state index in [0.717, 1.165) is 74.8 Å². The molecule has 31 heavy (non-hydrogen) atoms. The van der Waals surface area contributed by atoms with E-state index in [9.17, 15) is 4.79 Å². The van der Waals surface area contributed by atoms with E-state index in [1.807, 2.05) is 25.3 Å². The number of ether oxygens (including phenoxy) is 1. The third kappa shape index (κ3) is 3.36. The number of oxazole rings is 1. The van der Waals surface area contributed by atoms with Crippen LogP contribution in [0.25, 0.3) is 0 Å². The summed E-state index contributed by atoms with van der Waals surface area (Å²) < 4.78 is 11.3. The average Bonchev–Trinajstić information content (AvgIpc) is 3.35. The molecular formula is C25H33N3O3. The molecule has 6 heteroatoms. The summed E-state index contributed by atoms with van der Waals surface area (Å²) in [5.74, 6) is 3.07. The molecule has 1 aliphatic carbocycles. The van der Waals surface area contributed by atoms with Crippen LogP contribution < -0.4 is 4.74 Å². The quantitative estimate of drug-likeness (QED) is 0.750. The minimum atomic E-state index is -0.397. The van der Waals surface area contributed by atoms with Gasteiger partial charge in [0.1, 0.15) is 11.5 Å². The summed E-state index contributed by atoms with van der Waals surface area (Å²) in [6.07, 6.45) is 7.11. The number of rotatable bonds is 4. The summed E-state index contributed by atoms with van der Waals surface area (Å²) in [4.78, 5) is 23.0. The van der Waals surface area contributed by atoms with E-state index < -0.39 is 5.41 Å². The molecule has 1 unspecified atom stereocenters. The van der Waals surface area contributed by atoms with Gasteiger partial charge >= 0.3 is 0 Å². The van der Waals surface area contributed by atoms with Crippen LogP contribution in [0.15, 0.2) is 34.9 Å². The van der Waals surface area contributed by atoms with E-state index in [2.05, 4.69) is 34.0 Å². The molecular weight excluding hydrogens is 390 g/mol. The van der Waals surface area contributed by atoms with Gasteiger partial charge in [0, 0.05) is 31.6 Å². The van der Waals surface area contributed by atoms with Crippen molar-refractivity contribution < 1.29 is 13.9 Å². The van der Waals surface area contributed by atoms with Gasteiger partial charge in [-0.1, -0.05) is 31.4 Å². The maximum Gasteiger partial charge on any atom is 0.233 e. The minimum absolute atomic E-state index is 0.0530. The predicted octanol–water partition coefficient (Wildman–Crippen LogP) is 3.75. The van der Waals surface area contributed by atoms with Gasteiger partial charge in [-0.3, -0.25) is 4.79 Å². The third-order valence-corrected chi connectivity index (χ3v) is 7.81. The molecule has 6 nitrogen and oxygen atoms in total. The smallest absolute Gasteiger partial charge is 0.233 e. The first-order valence-electron chi connectivity index (χ1n) is 11.5. The average molecular weight is 424 g/mol. The Morgan fingerprint density at radius 3 is 2.45 bits per heavy atom. The molecule has 2 aliphatic heterocycles. The molecule has 0 N–H and O–H groups in total. The van der Waals surface area contributed by atoms with E-state index in [1.165, 1.54) is 6.42 Å². The largest absolute Gasteiger partial charge is 0.497 e. The van der Waals surface area contributed by atoms with Crippen molar-refractivity contribution in [1.29, 1.82) is 0 Å². The SMILES string of the molecule is COc1ccc(C2(C(=O)N3CC4(CN(C)CC4c4ncc(C)o4)C3)CCCCC2)cc1.